The summed E-state index contributed by atoms with van der Waals surface area (Å²) in [5, 5.41) is 4.73. The van der Waals surface area contributed by atoms with Crippen LogP contribution in [0.2, 0.25) is 0 Å². The monoisotopic (exact) mass is 514 g/mol. The van der Waals surface area contributed by atoms with E-state index in [1.165, 1.54) is 38.5 Å². The summed E-state index contributed by atoms with van der Waals surface area (Å²) in [6.07, 6.45) is 18.5. The minimum absolute atomic E-state index is 0.146. The van der Waals surface area contributed by atoms with Crippen LogP contribution < -0.4 is 10.6 Å². The second-order valence-corrected chi connectivity index (χ2v) is 19.5. The van der Waals surface area contributed by atoms with Gasteiger partial charge in [-0.05, 0) is 158 Å². The first-order valence-electron chi connectivity index (χ1n) is 15.2. The SMILES string of the molecule is C[P@](c1ccccc1-c1ccccc1[P@@](C)C12CC3CC(CC(C3)C1)C2)C12CC3CC(CC(C3)C1)C2. The summed E-state index contributed by atoms with van der Waals surface area (Å²) < 4.78 is 0. The van der Waals surface area contributed by atoms with Crippen molar-refractivity contribution in [1.29, 1.82) is 0 Å². The maximum atomic E-state index is 2.69. The van der Waals surface area contributed by atoms with Gasteiger partial charge in [-0.15, -0.1) is 0 Å². The standard InChI is InChI=1S/C34H44P2/c1-35(33-17-23-11-24(18-33)13-25(12-23)19-33)31-9-5-3-7-29(31)30-8-4-6-10-32(30)36(2)34-20-26-14-27(21-34)16-28(15-26)22-34/h3-10,23-28H,11-22H2,1-2H3/t23?,24?,25?,26?,27?,28?,33?,34?,35-,36-/m1/s1. The van der Waals surface area contributed by atoms with Crippen LogP contribution >= 0.6 is 15.8 Å². The van der Waals surface area contributed by atoms with Crippen molar-refractivity contribution in [3.05, 3.63) is 48.5 Å². The highest BCUT2D eigenvalue weighted by molar-refractivity contribution is 7.67. The van der Waals surface area contributed by atoms with Gasteiger partial charge >= 0.3 is 0 Å². The molecule has 0 radical (unpaired) electrons. The van der Waals surface area contributed by atoms with Gasteiger partial charge in [-0.3, -0.25) is 0 Å². The van der Waals surface area contributed by atoms with Crippen molar-refractivity contribution in [3.63, 3.8) is 0 Å². The molecular weight excluding hydrogens is 470 g/mol. The van der Waals surface area contributed by atoms with E-state index in [2.05, 4.69) is 61.9 Å². The van der Waals surface area contributed by atoms with Crippen LogP contribution in [0.4, 0.5) is 0 Å². The van der Waals surface area contributed by atoms with E-state index in [1.807, 2.05) is 0 Å². The first-order chi connectivity index (χ1) is 17.5. The Bertz CT molecular complexity index is 1000. The van der Waals surface area contributed by atoms with Gasteiger partial charge in [0.15, 0.2) is 0 Å². The minimum Gasteiger partial charge on any atom is -0.0714 e. The number of rotatable bonds is 5. The molecule has 0 aromatic heterocycles. The second-order valence-electron chi connectivity index (χ2n) is 14.4. The lowest BCUT2D eigenvalue weighted by atomic mass is 9.56. The molecule has 0 aliphatic heterocycles. The fourth-order valence-electron chi connectivity index (χ4n) is 11.5. The van der Waals surface area contributed by atoms with Gasteiger partial charge in [-0.2, -0.15) is 0 Å². The summed E-state index contributed by atoms with van der Waals surface area (Å²) in [6, 6.07) is 19.5. The summed E-state index contributed by atoms with van der Waals surface area (Å²) in [4.78, 5) is 0. The van der Waals surface area contributed by atoms with Crippen LogP contribution in [0, 0.1) is 35.5 Å². The molecule has 8 bridgehead atoms. The van der Waals surface area contributed by atoms with E-state index in [9.17, 15) is 0 Å². The van der Waals surface area contributed by atoms with E-state index in [0.29, 0.717) is 10.3 Å². The molecule has 0 heterocycles. The fraction of sp³-hybridized carbons (Fsp3) is 0.647. The summed E-state index contributed by atoms with van der Waals surface area (Å²) in [7, 11) is -0.291. The third-order valence-corrected chi connectivity index (χ3v) is 18.4. The fourth-order valence-corrected chi connectivity index (χ4v) is 17.4. The number of hydrogen-bond donors (Lipinski definition) is 0. The lowest BCUT2D eigenvalue weighted by Gasteiger charge is -2.59. The highest BCUT2D eigenvalue weighted by Gasteiger charge is 2.55. The predicted octanol–water partition coefficient (Wildman–Crippen LogP) is 8.77. The van der Waals surface area contributed by atoms with Crippen molar-refractivity contribution >= 4 is 26.5 Å². The Kier molecular flexibility index (Phi) is 5.41. The molecular formula is C34H44P2. The molecule has 8 fully saturated rings. The third kappa shape index (κ3) is 3.52. The van der Waals surface area contributed by atoms with Gasteiger partial charge in [-0.1, -0.05) is 64.4 Å². The molecule has 0 unspecified atom stereocenters. The Balaban J connectivity index is 1.18. The number of benzene rings is 2. The van der Waals surface area contributed by atoms with E-state index in [1.54, 1.807) is 60.3 Å². The average molecular weight is 515 g/mol. The van der Waals surface area contributed by atoms with Crippen LogP contribution in [0.5, 0.6) is 0 Å². The average Bonchev–Trinajstić information content (AvgIpc) is 2.86. The van der Waals surface area contributed by atoms with Gasteiger partial charge in [0.2, 0.25) is 0 Å². The Morgan fingerprint density at radius 1 is 0.472 bits per heavy atom. The van der Waals surface area contributed by atoms with E-state index < -0.39 is 0 Å². The van der Waals surface area contributed by atoms with E-state index in [-0.39, 0.29) is 15.8 Å². The summed E-state index contributed by atoms with van der Waals surface area (Å²) in [6.45, 7) is 5.38. The van der Waals surface area contributed by atoms with Crippen LogP contribution in [0.1, 0.15) is 77.0 Å². The molecule has 2 aromatic rings. The van der Waals surface area contributed by atoms with Crippen LogP contribution in [-0.4, -0.2) is 23.6 Å². The zero-order chi connectivity index (χ0) is 24.1. The van der Waals surface area contributed by atoms with Crippen molar-refractivity contribution < 1.29 is 0 Å². The van der Waals surface area contributed by atoms with Gasteiger partial charge in [0.05, 0.1) is 0 Å². The van der Waals surface area contributed by atoms with Gasteiger partial charge in [-0.25, -0.2) is 0 Å². The molecule has 2 heteroatoms. The Morgan fingerprint density at radius 3 is 1.06 bits per heavy atom. The van der Waals surface area contributed by atoms with Crippen molar-refractivity contribution in [2.24, 2.45) is 35.5 Å². The topological polar surface area (TPSA) is 0 Å². The number of hydrogen-bond acceptors (Lipinski definition) is 0. The quantitative estimate of drug-likeness (QED) is 0.350. The molecule has 2 aromatic carbocycles. The molecule has 0 N–H and O–H groups in total. The van der Waals surface area contributed by atoms with Crippen molar-refractivity contribution in [2.75, 3.05) is 13.3 Å². The maximum Gasteiger partial charge on any atom is -0.00487 e. The Labute approximate surface area is 221 Å². The zero-order valence-electron chi connectivity index (χ0n) is 22.5. The van der Waals surface area contributed by atoms with Crippen molar-refractivity contribution in [3.8, 4) is 11.1 Å². The van der Waals surface area contributed by atoms with Gasteiger partial charge in [0.25, 0.3) is 0 Å². The van der Waals surface area contributed by atoms with Gasteiger partial charge in [0.1, 0.15) is 0 Å². The Morgan fingerprint density at radius 2 is 0.750 bits per heavy atom. The van der Waals surface area contributed by atoms with Crippen LogP contribution in [0.3, 0.4) is 0 Å². The highest BCUT2D eigenvalue weighted by Crippen LogP contribution is 2.69. The molecule has 10 rings (SSSR count). The smallest absolute Gasteiger partial charge is 0.00487 e. The molecule has 0 nitrogen and oxygen atoms in total. The highest BCUT2D eigenvalue weighted by atomic mass is 31.1. The Hall–Kier alpha value is -0.700. The first-order valence-corrected chi connectivity index (χ1v) is 18.7. The largest absolute Gasteiger partial charge is 0.0714 e. The second kappa shape index (κ2) is 8.40. The summed E-state index contributed by atoms with van der Waals surface area (Å²) in [5.41, 5.74) is 3.22. The van der Waals surface area contributed by atoms with Crippen molar-refractivity contribution in [2.45, 2.75) is 87.4 Å². The molecule has 0 amide bonds. The van der Waals surface area contributed by atoms with Crippen molar-refractivity contribution in [1.82, 2.24) is 0 Å². The zero-order valence-corrected chi connectivity index (χ0v) is 24.3. The minimum atomic E-state index is -0.146. The molecule has 0 saturated heterocycles. The molecule has 190 valence electrons. The van der Waals surface area contributed by atoms with Crippen LogP contribution in [-0.2, 0) is 0 Å². The molecule has 0 spiro atoms. The maximum absolute atomic E-state index is 2.69. The van der Waals surface area contributed by atoms with Crippen LogP contribution in [0.25, 0.3) is 11.1 Å². The molecule has 36 heavy (non-hydrogen) atoms. The first kappa shape index (κ1) is 23.2. The lowest BCUT2D eigenvalue weighted by molar-refractivity contribution is 0.0361. The molecule has 2 atom stereocenters. The molecule has 8 aliphatic carbocycles. The van der Waals surface area contributed by atoms with Crippen LogP contribution in [0.15, 0.2) is 48.5 Å². The molecule has 8 aliphatic rings. The normalized spacial score (nSPS) is 43.6. The van der Waals surface area contributed by atoms with E-state index in [4.69, 9.17) is 0 Å². The van der Waals surface area contributed by atoms with E-state index >= 15 is 0 Å². The summed E-state index contributed by atoms with van der Waals surface area (Å²) in [5.74, 6) is 6.25. The third-order valence-electron chi connectivity index (χ3n) is 12.3. The summed E-state index contributed by atoms with van der Waals surface area (Å²) >= 11 is 0. The lowest BCUT2D eigenvalue weighted by Crippen LogP contribution is -2.50. The van der Waals surface area contributed by atoms with Gasteiger partial charge in [0, 0.05) is 0 Å². The predicted molar refractivity (Wildman–Crippen MR) is 159 cm³/mol. The van der Waals surface area contributed by atoms with E-state index in [0.717, 1.165) is 35.5 Å². The molecule has 8 saturated carbocycles. The van der Waals surface area contributed by atoms with Gasteiger partial charge < -0.3 is 0 Å².